The van der Waals surface area contributed by atoms with Crippen LogP contribution >= 0.6 is 15.9 Å². The van der Waals surface area contributed by atoms with Gasteiger partial charge in [-0.3, -0.25) is 5.32 Å². The highest BCUT2D eigenvalue weighted by atomic mass is 79.9. The van der Waals surface area contributed by atoms with Crippen molar-refractivity contribution in [2.45, 2.75) is 12.0 Å². The summed E-state index contributed by atoms with van der Waals surface area (Å²) in [6.45, 7) is -0.469. The topological polar surface area (TPSA) is 58.6 Å². The molecule has 1 atom stereocenters. The number of rotatable bonds is 4. The van der Waals surface area contributed by atoms with Crippen molar-refractivity contribution >= 4 is 22.0 Å². The average molecular weight is 424 g/mol. The number of amides is 1. The SMILES string of the molecule is O=C(NCO)OC(c1ccc(Br)cc1)C1c2ccccc2-c2ccccc21. The maximum atomic E-state index is 12.2. The Kier molecular flexibility index (Phi) is 4.97. The smallest absolute Gasteiger partial charge is 0.409 e. The number of carbonyl (C=O) groups excluding carboxylic acids is 1. The fourth-order valence-corrected chi connectivity index (χ4v) is 3.99. The molecule has 0 aromatic heterocycles. The van der Waals surface area contributed by atoms with E-state index in [9.17, 15) is 4.79 Å². The Hall–Kier alpha value is -2.63. The third kappa shape index (κ3) is 3.36. The molecule has 0 radical (unpaired) electrons. The van der Waals surface area contributed by atoms with Crippen molar-refractivity contribution in [1.82, 2.24) is 5.32 Å². The molecule has 1 unspecified atom stereocenters. The van der Waals surface area contributed by atoms with E-state index in [4.69, 9.17) is 9.84 Å². The van der Waals surface area contributed by atoms with Gasteiger partial charge in [-0.2, -0.15) is 0 Å². The van der Waals surface area contributed by atoms with Crippen molar-refractivity contribution in [2.75, 3.05) is 6.73 Å². The minimum absolute atomic E-state index is 0.122. The monoisotopic (exact) mass is 423 g/mol. The Bertz CT molecular complexity index is 926. The number of alkyl carbamates (subject to hydrolysis) is 1. The van der Waals surface area contributed by atoms with Crippen molar-refractivity contribution in [3.05, 3.63) is 94.0 Å². The third-order valence-electron chi connectivity index (χ3n) is 4.84. The summed E-state index contributed by atoms with van der Waals surface area (Å²) < 4.78 is 6.74. The van der Waals surface area contributed by atoms with Gasteiger partial charge in [0.1, 0.15) is 12.8 Å². The first-order valence-electron chi connectivity index (χ1n) is 8.68. The third-order valence-corrected chi connectivity index (χ3v) is 5.37. The molecule has 0 aliphatic heterocycles. The maximum Gasteiger partial charge on any atom is 0.409 e. The Labute approximate surface area is 165 Å². The van der Waals surface area contributed by atoms with E-state index in [0.717, 1.165) is 32.3 Å². The largest absolute Gasteiger partial charge is 0.440 e. The molecule has 3 aromatic rings. The van der Waals surface area contributed by atoms with Gasteiger partial charge in [-0.15, -0.1) is 0 Å². The molecule has 0 fully saturated rings. The molecule has 0 bridgehead atoms. The van der Waals surface area contributed by atoms with E-state index in [0.29, 0.717) is 0 Å². The van der Waals surface area contributed by atoms with Gasteiger partial charge in [-0.05, 0) is 39.9 Å². The zero-order valence-corrected chi connectivity index (χ0v) is 16.0. The van der Waals surface area contributed by atoms with Gasteiger partial charge in [-0.1, -0.05) is 76.6 Å². The second-order valence-corrected chi connectivity index (χ2v) is 7.28. The van der Waals surface area contributed by atoms with Crippen LogP contribution < -0.4 is 5.32 Å². The molecule has 0 saturated carbocycles. The zero-order valence-electron chi connectivity index (χ0n) is 14.4. The lowest BCUT2D eigenvalue weighted by molar-refractivity contribution is 0.0814. The number of benzene rings is 3. The van der Waals surface area contributed by atoms with Crippen LogP contribution in [0.15, 0.2) is 77.3 Å². The Balaban J connectivity index is 1.84. The average Bonchev–Trinajstić information content (AvgIpc) is 3.02. The molecule has 4 rings (SSSR count). The van der Waals surface area contributed by atoms with Crippen LogP contribution in [0.3, 0.4) is 0 Å². The summed E-state index contributed by atoms with van der Waals surface area (Å²) in [5.74, 6) is -0.122. The normalized spacial score (nSPS) is 13.6. The number of nitrogens with one attached hydrogen (secondary N) is 1. The predicted octanol–water partition coefficient (Wildman–Crippen LogP) is 4.98. The lowest BCUT2D eigenvalue weighted by Crippen LogP contribution is -2.28. The van der Waals surface area contributed by atoms with Crippen LogP contribution in [0, 0.1) is 0 Å². The highest BCUT2D eigenvalue weighted by molar-refractivity contribution is 9.10. The number of hydrogen-bond donors (Lipinski definition) is 2. The van der Waals surface area contributed by atoms with Crippen LogP contribution in [0.5, 0.6) is 0 Å². The minimum Gasteiger partial charge on any atom is -0.440 e. The van der Waals surface area contributed by atoms with Crippen LogP contribution in [0.25, 0.3) is 11.1 Å². The van der Waals surface area contributed by atoms with Crippen molar-refractivity contribution < 1.29 is 14.6 Å². The first-order valence-corrected chi connectivity index (χ1v) is 9.47. The Morgan fingerprint density at radius 3 is 2.07 bits per heavy atom. The van der Waals surface area contributed by atoms with Crippen molar-refractivity contribution in [1.29, 1.82) is 0 Å². The van der Waals surface area contributed by atoms with Gasteiger partial charge in [0.15, 0.2) is 0 Å². The Morgan fingerprint density at radius 2 is 1.52 bits per heavy atom. The summed E-state index contributed by atoms with van der Waals surface area (Å²) >= 11 is 3.45. The standard InChI is InChI=1S/C22H18BrNO3/c23-15-11-9-14(10-12-15)21(27-22(26)24-13-25)20-18-7-3-1-5-16(18)17-6-2-4-8-19(17)20/h1-12,20-21,25H,13H2,(H,24,26). The van der Waals surface area contributed by atoms with Crippen LogP contribution in [-0.4, -0.2) is 17.9 Å². The second-order valence-electron chi connectivity index (χ2n) is 6.36. The highest BCUT2D eigenvalue weighted by Gasteiger charge is 2.37. The number of aliphatic hydroxyl groups excluding tert-OH is 1. The summed E-state index contributed by atoms with van der Waals surface area (Å²) in [6, 6.07) is 24.2. The molecule has 3 aromatic carbocycles. The number of ether oxygens (including phenoxy) is 1. The number of fused-ring (bicyclic) bond motifs is 3. The summed E-state index contributed by atoms with van der Waals surface area (Å²) in [5.41, 5.74) is 5.47. The molecule has 0 heterocycles. The summed E-state index contributed by atoms with van der Waals surface area (Å²) in [4.78, 5) is 12.2. The van der Waals surface area contributed by atoms with Crippen LogP contribution in [0.1, 0.15) is 28.7 Å². The van der Waals surface area contributed by atoms with Gasteiger partial charge in [0.05, 0.1) is 5.92 Å². The molecule has 1 aliphatic carbocycles. The van der Waals surface area contributed by atoms with Crippen LogP contribution in [-0.2, 0) is 4.74 Å². The van der Waals surface area contributed by atoms with E-state index in [-0.39, 0.29) is 5.92 Å². The lowest BCUT2D eigenvalue weighted by atomic mass is 9.87. The van der Waals surface area contributed by atoms with Gasteiger partial charge in [0.25, 0.3) is 0 Å². The molecular formula is C22H18BrNO3. The van der Waals surface area contributed by atoms with E-state index < -0.39 is 18.9 Å². The van der Waals surface area contributed by atoms with Gasteiger partial charge in [0, 0.05) is 4.47 Å². The molecule has 1 aliphatic rings. The van der Waals surface area contributed by atoms with E-state index in [1.807, 2.05) is 48.5 Å². The number of halogens is 1. The second kappa shape index (κ2) is 7.55. The van der Waals surface area contributed by atoms with Crippen molar-refractivity contribution in [3.8, 4) is 11.1 Å². The molecular weight excluding hydrogens is 406 g/mol. The molecule has 4 nitrogen and oxygen atoms in total. The fraction of sp³-hybridized carbons (Fsp3) is 0.136. The fourth-order valence-electron chi connectivity index (χ4n) is 3.72. The number of aliphatic hydroxyl groups is 1. The van der Waals surface area contributed by atoms with E-state index in [2.05, 4.69) is 45.5 Å². The highest BCUT2D eigenvalue weighted by Crippen LogP contribution is 2.51. The van der Waals surface area contributed by atoms with Gasteiger partial charge in [-0.25, -0.2) is 4.79 Å². The minimum atomic E-state index is -0.646. The predicted molar refractivity (Wildman–Crippen MR) is 107 cm³/mol. The molecule has 136 valence electrons. The van der Waals surface area contributed by atoms with Gasteiger partial charge < -0.3 is 9.84 Å². The van der Waals surface area contributed by atoms with E-state index >= 15 is 0 Å². The number of carbonyl (C=O) groups is 1. The first-order chi connectivity index (χ1) is 13.2. The van der Waals surface area contributed by atoms with Gasteiger partial charge in [0.2, 0.25) is 0 Å². The first kappa shape index (κ1) is 17.8. The molecule has 5 heteroatoms. The molecule has 2 N–H and O–H groups in total. The van der Waals surface area contributed by atoms with Gasteiger partial charge >= 0.3 is 6.09 Å². The Morgan fingerprint density at radius 1 is 0.963 bits per heavy atom. The van der Waals surface area contributed by atoms with Crippen LogP contribution in [0.2, 0.25) is 0 Å². The summed E-state index contributed by atoms with van der Waals surface area (Å²) in [5, 5.41) is 11.3. The summed E-state index contributed by atoms with van der Waals surface area (Å²) in [6.07, 6.45) is -1.17. The number of hydrogen-bond acceptors (Lipinski definition) is 3. The van der Waals surface area contributed by atoms with E-state index in [1.165, 1.54) is 0 Å². The summed E-state index contributed by atoms with van der Waals surface area (Å²) in [7, 11) is 0. The molecule has 27 heavy (non-hydrogen) atoms. The zero-order chi connectivity index (χ0) is 18.8. The lowest BCUT2D eigenvalue weighted by Gasteiger charge is -2.26. The quantitative estimate of drug-likeness (QED) is 0.581. The molecule has 0 saturated heterocycles. The van der Waals surface area contributed by atoms with Crippen molar-refractivity contribution in [2.24, 2.45) is 0 Å². The van der Waals surface area contributed by atoms with Crippen molar-refractivity contribution in [3.63, 3.8) is 0 Å². The molecule has 1 amide bonds. The maximum absolute atomic E-state index is 12.2. The van der Waals surface area contributed by atoms with Crippen LogP contribution in [0.4, 0.5) is 4.79 Å². The van der Waals surface area contributed by atoms with E-state index in [1.54, 1.807) is 0 Å². The molecule has 0 spiro atoms.